The molecule has 0 unspecified atom stereocenters. The van der Waals surface area contributed by atoms with Crippen molar-refractivity contribution in [2.24, 2.45) is 0 Å². The minimum absolute atomic E-state index is 0.377. The normalized spacial score (nSPS) is 20.1. The van der Waals surface area contributed by atoms with Crippen molar-refractivity contribution in [3.05, 3.63) is 29.6 Å². The Bertz CT molecular complexity index is 865. The van der Waals surface area contributed by atoms with Crippen molar-refractivity contribution in [3.63, 3.8) is 0 Å². The van der Waals surface area contributed by atoms with Gasteiger partial charge in [0.2, 0.25) is 10.0 Å². The fraction of sp³-hybridized carbons (Fsp3) is 0.526. The van der Waals surface area contributed by atoms with Crippen LogP contribution in [-0.4, -0.2) is 68.9 Å². The topological polar surface area (TPSA) is 56.8 Å². The summed E-state index contributed by atoms with van der Waals surface area (Å²) in [5.74, 6) is 0. The maximum absolute atomic E-state index is 12.8. The summed E-state index contributed by atoms with van der Waals surface area (Å²) >= 11 is 1.65. The fourth-order valence-electron chi connectivity index (χ4n) is 3.59. The van der Waals surface area contributed by atoms with Crippen LogP contribution in [0.15, 0.2) is 34.5 Å². The largest absolute Gasteiger partial charge is 0.346 e. The molecule has 0 aliphatic carbocycles. The molecule has 6 nitrogen and oxygen atoms in total. The summed E-state index contributed by atoms with van der Waals surface area (Å²) in [6.07, 6.45) is 3.01. The molecule has 8 heteroatoms. The van der Waals surface area contributed by atoms with E-state index in [1.165, 1.54) is 0 Å². The molecule has 2 fully saturated rings. The second-order valence-corrected chi connectivity index (χ2v) is 10.1. The van der Waals surface area contributed by atoms with E-state index in [0.29, 0.717) is 18.0 Å². The van der Waals surface area contributed by atoms with Gasteiger partial charge in [-0.05, 0) is 32.0 Å². The lowest BCUT2D eigenvalue weighted by molar-refractivity contribution is 0.313. The van der Waals surface area contributed by atoms with Gasteiger partial charge in [-0.3, -0.25) is 0 Å². The van der Waals surface area contributed by atoms with Gasteiger partial charge in [0.25, 0.3) is 0 Å². The Balaban J connectivity index is 1.49. The molecule has 27 heavy (non-hydrogen) atoms. The average Bonchev–Trinajstić information content (AvgIpc) is 3.19. The van der Waals surface area contributed by atoms with Crippen LogP contribution in [0, 0.1) is 0 Å². The molecule has 0 N–H and O–H groups in total. The monoisotopic (exact) mass is 406 g/mol. The van der Waals surface area contributed by atoms with Crippen molar-refractivity contribution in [3.8, 4) is 11.3 Å². The molecule has 1 aromatic heterocycles. The van der Waals surface area contributed by atoms with E-state index in [1.54, 1.807) is 27.8 Å². The minimum atomic E-state index is -3.38. The molecule has 0 bridgehead atoms. The third-order valence-corrected chi connectivity index (χ3v) is 8.18. The summed E-state index contributed by atoms with van der Waals surface area (Å²) in [6, 6.07) is 7.18. The van der Waals surface area contributed by atoms with Crippen LogP contribution < -0.4 is 4.90 Å². The van der Waals surface area contributed by atoms with Gasteiger partial charge in [-0.25, -0.2) is 13.4 Å². The van der Waals surface area contributed by atoms with Crippen molar-refractivity contribution in [1.82, 2.24) is 14.2 Å². The van der Waals surface area contributed by atoms with Crippen LogP contribution in [-0.2, 0) is 10.0 Å². The number of anilines is 1. The molecule has 2 aliphatic rings. The maximum Gasteiger partial charge on any atom is 0.243 e. The van der Waals surface area contributed by atoms with Gasteiger partial charge in [-0.15, -0.1) is 11.3 Å². The first-order valence-electron chi connectivity index (χ1n) is 9.54. The Morgan fingerprint density at radius 2 is 1.59 bits per heavy atom. The lowest BCUT2D eigenvalue weighted by atomic mass is 10.2. The second kappa shape index (κ2) is 7.87. The molecule has 0 saturated carbocycles. The molecule has 0 radical (unpaired) electrons. The number of piperazine rings is 1. The number of nitrogens with zero attached hydrogens (tertiary/aromatic N) is 4. The molecule has 0 amide bonds. The molecular formula is C19H26N4O2S2. The van der Waals surface area contributed by atoms with E-state index in [9.17, 15) is 8.42 Å². The van der Waals surface area contributed by atoms with Crippen LogP contribution in [0.25, 0.3) is 11.3 Å². The number of benzene rings is 1. The highest BCUT2D eigenvalue weighted by Gasteiger charge is 2.26. The van der Waals surface area contributed by atoms with Crippen molar-refractivity contribution in [1.29, 1.82) is 0 Å². The van der Waals surface area contributed by atoms with Crippen LogP contribution in [0.3, 0.4) is 0 Å². The number of aromatic nitrogens is 1. The Hall–Kier alpha value is -1.48. The van der Waals surface area contributed by atoms with Gasteiger partial charge in [0.1, 0.15) is 0 Å². The molecule has 1 aromatic carbocycles. The molecule has 146 valence electrons. The number of piperidine rings is 1. The van der Waals surface area contributed by atoms with Gasteiger partial charge < -0.3 is 9.80 Å². The fourth-order valence-corrected chi connectivity index (χ4v) is 6.00. The van der Waals surface area contributed by atoms with E-state index in [-0.39, 0.29) is 0 Å². The van der Waals surface area contributed by atoms with Gasteiger partial charge in [0.05, 0.1) is 10.6 Å². The summed E-state index contributed by atoms with van der Waals surface area (Å²) in [6.45, 7) is 5.36. The van der Waals surface area contributed by atoms with Crippen molar-refractivity contribution < 1.29 is 8.42 Å². The third kappa shape index (κ3) is 4.03. The SMILES string of the molecule is CN1CCN(c2nc(-c3ccc(S(=O)(=O)N4CCCCC4)cc3)cs2)CC1. The zero-order valence-corrected chi connectivity index (χ0v) is 17.3. The predicted molar refractivity (Wildman–Crippen MR) is 110 cm³/mol. The zero-order valence-electron chi connectivity index (χ0n) is 15.7. The van der Waals surface area contributed by atoms with Gasteiger partial charge in [0, 0.05) is 50.2 Å². The smallest absolute Gasteiger partial charge is 0.243 e. The highest BCUT2D eigenvalue weighted by molar-refractivity contribution is 7.89. The average molecular weight is 407 g/mol. The highest BCUT2D eigenvalue weighted by Crippen LogP contribution is 2.29. The van der Waals surface area contributed by atoms with E-state index in [1.807, 2.05) is 12.1 Å². The molecule has 0 spiro atoms. The Labute approximate surface area is 165 Å². The lowest BCUT2D eigenvalue weighted by Gasteiger charge is -2.32. The highest BCUT2D eigenvalue weighted by atomic mass is 32.2. The van der Waals surface area contributed by atoms with E-state index in [2.05, 4.69) is 22.2 Å². The van der Waals surface area contributed by atoms with E-state index in [4.69, 9.17) is 4.98 Å². The molecule has 2 aromatic rings. The van der Waals surface area contributed by atoms with Crippen LogP contribution >= 0.6 is 11.3 Å². The van der Waals surface area contributed by atoms with Crippen LogP contribution in [0.5, 0.6) is 0 Å². The summed E-state index contributed by atoms with van der Waals surface area (Å²) in [7, 11) is -1.23. The number of sulfonamides is 1. The maximum atomic E-state index is 12.8. The summed E-state index contributed by atoms with van der Waals surface area (Å²) in [5, 5.41) is 3.10. The zero-order chi connectivity index (χ0) is 18.9. The van der Waals surface area contributed by atoms with E-state index < -0.39 is 10.0 Å². The predicted octanol–water partition coefficient (Wildman–Crippen LogP) is 2.74. The van der Waals surface area contributed by atoms with Crippen molar-refractivity contribution in [2.75, 3.05) is 51.2 Å². The molecule has 3 heterocycles. The summed E-state index contributed by atoms with van der Waals surface area (Å²) < 4.78 is 27.2. The first-order valence-corrected chi connectivity index (χ1v) is 11.9. The number of thiazole rings is 1. The molecule has 4 rings (SSSR count). The first kappa shape index (κ1) is 18.9. The number of hydrogen-bond donors (Lipinski definition) is 0. The Kier molecular flexibility index (Phi) is 5.50. The molecule has 2 aliphatic heterocycles. The van der Waals surface area contributed by atoms with Gasteiger partial charge in [0.15, 0.2) is 5.13 Å². The Morgan fingerprint density at radius 1 is 0.926 bits per heavy atom. The second-order valence-electron chi connectivity index (χ2n) is 7.29. The summed E-state index contributed by atoms with van der Waals surface area (Å²) in [4.78, 5) is 9.80. The third-order valence-electron chi connectivity index (χ3n) is 5.37. The first-order chi connectivity index (χ1) is 13.0. The number of rotatable bonds is 4. The van der Waals surface area contributed by atoms with Gasteiger partial charge in [-0.2, -0.15) is 4.31 Å². The van der Waals surface area contributed by atoms with E-state index in [0.717, 1.165) is 61.8 Å². The van der Waals surface area contributed by atoms with Crippen LogP contribution in [0.1, 0.15) is 19.3 Å². The lowest BCUT2D eigenvalue weighted by Crippen LogP contribution is -2.44. The van der Waals surface area contributed by atoms with Gasteiger partial charge in [-0.1, -0.05) is 18.6 Å². The molecule has 0 atom stereocenters. The Morgan fingerprint density at radius 3 is 2.26 bits per heavy atom. The number of hydrogen-bond acceptors (Lipinski definition) is 6. The van der Waals surface area contributed by atoms with E-state index >= 15 is 0 Å². The summed E-state index contributed by atoms with van der Waals surface area (Å²) in [5.41, 5.74) is 1.88. The number of likely N-dealkylation sites (N-methyl/N-ethyl adjacent to an activating group) is 1. The quantitative estimate of drug-likeness (QED) is 0.781. The van der Waals surface area contributed by atoms with Gasteiger partial charge >= 0.3 is 0 Å². The van der Waals surface area contributed by atoms with Crippen molar-refractivity contribution >= 4 is 26.5 Å². The molecular weight excluding hydrogens is 380 g/mol. The minimum Gasteiger partial charge on any atom is -0.346 e. The van der Waals surface area contributed by atoms with Crippen LogP contribution in [0.4, 0.5) is 5.13 Å². The van der Waals surface area contributed by atoms with Crippen molar-refractivity contribution in [2.45, 2.75) is 24.2 Å². The van der Waals surface area contributed by atoms with Crippen LogP contribution in [0.2, 0.25) is 0 Å². The standard InChI is InChI=1S/C19H26N4O2S2/c1-21-11-13-22(14-12-21)19-20-18(15-26-19)16-5-7-17(8-6-16)27(24,25)23-9-3-2-4-10-23/h5-8,15H,2-4,9-14H2,1H3. The molecule has 2 saturated heterocycles.